The van der Waals surface area contributed by atoms with Crippen molar-refractivity contribution in [2.45, 2.75) is 25.3 Å². The molecule has 0 saturated carbocycles. The topological polar surface area (TPSA) is 71.1 Å². The SMILES string of the molecule is O=C(NC[C@@H](c1cccs1)N1CCCC1)[C@@H]1CC(=O)N(c2ccc3c(c2)OCCO3)C1. The number of nitrogens with one attached hydrogen (secondary N) is 1. The van der Waals surface area contributed by atoms with E-state index in [4.69, 9.17) is 9.47 Å². The Labute approximate surface area is 185 Å². The highest BCUT2D eigenvalue weighted by Gasteiger charge is 2.36. The van der Waals surface area contributed by atoms with Crippen molar-refractivity contribution in [3.8, 4) is 11.5 Å². The van der Waals surface area contributed by atoms with Gasteiger partial charge in [0.25, 0.3) is 0 Å². The van der Waals surface area contributed by atoms with Crippen molar-refractivity contribution < 1.29 is 19.1 Å². The summed E-state index contributed by atoms with van der Waals surface area (Å²) in [6, 6.07) is 9.91. The summed E-state index contributed by atoms with van der Waals surface area (Å²) in [5.74, 6) is 0.912. The normalized spacial score (nSPS) is 22.0. The number of fused-ring (bicyclic) bond motifs is 1. The minimum atomic E-state index is -0.344. The van der Waals surface area contributed by atoms with Crippen molar-refractivity contribution in [1.82, 2.24) is 10.2 Å². The summed E-state index contributed by atoms with van der Waals surface area (Å²) in [5, 5.41) is 5.22. The number of nitrogens with zero attached hydrogens (tertiary/aromatic N) is 2. The van der Waals surface area contributed by atoms with Gasteiger partial charge in [0.2, 0.25) is 11.8 Å². The van der Waals surface area contributed by atoms with Crippen molar-refractivity contribution in [1.29, 1.82) is 0 Å². The van der Waals surface area contributed by atoms with Gasteiger partial charge in [0.15, 0.2) is 11.5 Å². The molecule has 8 heteroatoms. The molecule has 1 N–H and O–H groups in total. The van der Waals surface area contributed by atoms with Crippen molar-refractivity contribution in [3.05, 3.63) is 40.6 Å². The lowest BCUT2D eigenvalue weighted by atomic mass is 10.1. The van der Waals surface area contributed by atoms with Crippen LogP contribution in [0.3, 0.4) is 0 Å². The molecule has 2 aromatic rings. The first-order valence-electron chi connectivity index (χ1n) is 10.9. The molecule has 31 heavy (non-hydrogen) atoms. The Hall–Kier alpha value is -2.58. The second-order valence-electron chi connectivity index (χ2n) is 8.25. The minimum Gasteiger partial charge on any atom is -0.486 e. The van der Waals surface area contributed by atoms with E-state index in [9.17, 15) is 9.59 Å². The number of benzene rings is 1. The van der Waals surface area contributed by atoms with E-state index in [2.05, 4.69) is 27.7 Å². The van der Waals surface area contributed by atoms with Gasteiger partial charge in [-0.15, -0.1) is 11.3 Å². The molecule has 0 radical (unpaired) electrons. The fourth-order valence-corrected chi connectivity index (χ4v) is 5.48. The maximum atomic E-state index is 12.9. The zero-order chi connectivity index (χ0) is 21.2. The number of anilines is 1. The van der Waals surface area contributed by atoms with Crippen LogP contribution in [0.1, 0.15) is 30.2 Å². The molecule has 2 fully saturated rings. The Morgan fingerprint density at radius 2 is 1.97 bits per heavy atom. The maximum absolute atomic E-state index is 12.9. The zero-order valence-corrected chi connectivity index (χ0v) is 18.2. The van der Waals surface area contributed by atoms with Gasteiger partial charge < -0.3 is 19.7 Å². The van der Waals surface area contributed by atoms with Crippen LogP contribution in [0.25, 0.3) is 0 Å². The lowest BCUT2D eigenvalue weighted by Gasteiger charge is -2.27. The quantitative estimate of drug-likeness (QED) is 0.747. The molecule has 0 aliphatic carbocycles. The van der Waals surface area contributed by atoms with Crippen molar-refractivity contribution in [3.63, 3.8) is 0 Å². The molecule has 4 heterocycles. The molecule has 0 spiro atoms. The number of amides is 2. The first kappa shape index (κ1) is 20.3. The fraction of sp³-hybridized carbons (Fsp3) is 0.478. The molecule has 2 saturated heterocycles. The second kappa shape index (κ2) is 8.88. The summed E-state index contributed by atoms with van der Waals surface area (Å²) in [6.45, 7) is 4.13. The van der Waals surface area contributed by atoms with Crippen LogP contribution in [0.2, 0.25) is 0 Å². The highest BCUT2D eigenvalue weighted by atomic mass is 32.1. The average molecular weight is 442 g/mol. The summed E-state index contributed by atoms with van der Waals surface area (Å²) >= 11 is 1.73. The number of ether oxygens (including phenoxy) is 2. The van der Waals surface area contributed by atoms with E-state index < -0.39 is 0 Å². The van der Waals surface area contributed by atoms with Crippen molar-refractivity contribution in [2.24, 2.45) is 5.92 Å². The number of rotatable bonds is 6. The molecular weight excluding hydrogens is 414 g/mol. The predicted molar refractivity (Wildman–Crippen MR) is 119 cm³/mol. The minimum absolute atomic E-state index is 0.0359. The number of hydrogen-bond acceptors (Lipinski definition) is 6. The first-order chi connectivity index (χ1) is 15.2. The summed E-state index contributed by atoms with van der Waals surface area (Å²) in [7, 11) is 0. The molecule has 0 unspecified atom stereocenters. The Balaban J connectivity index is 1.23. The van der Waals surface area contributed by atoms with Gasteiger partial charge in [-0.3, -0.25) is 14.5 Å². The van der Waals surface area contributed by atoms with E-state index in [0.717, 1.165) is 18.8 Å². The van der Waals surface area contributed by atoms with Gasteiger partial charge in [0.05, 0.1) is 12.0 Å². The third-order valence-electron chi connectivity index (χ3n) is 6.26. The Morgan fingerprint density at radius 3 is 2.74 bits per heavy atom. The number of carbonyl (C=O) groups excluding carboxylic acids is 2. The lowest BCUT2D eigenvalue weighted by molar-refractivity contribution is -0.126. The van der Waals surface area contributed by atoms with Crippen LogP contribution in [0, 0.1) is 5.92 Å². The monoisotopic (exact) mass is 441 g/mol. The molecule has 7 nitrogen and oxygen atoms in total. The van der Waals surface area contributed by atoms with Crippen LogP contribution in [0.5, 0.6) is 11.5 Å². The van der Waals surface area contributed by atoms with Crippen LogP contribution in [0.15, 0.2) is 35.7 Å². The molecule has 1 aromatic carbocycles. The third-order valence-corrected chi connectivity index (χ3v) is 7.23. The molecule has 3 aliphatic heterocycles. The molecule has 1 aromatic heterocycles. The van der Waals surface area contributed by atoms with E-state index in [1.165, 1.54) is 17.7 Å². The molecule has 5 rings (SSSR count). The summed E-state index contributed by atoms with van der Waals surface area (Å²) in [5.41, 5.74) is 0.748. The molecule has 2 atom stereocenters. The third kappa shape index (κ3) is 4.27. The van der Waals surface area contributed by atoms with Crippen molar-refractivity contribution in [2.75, 3.05) is 44.3 Å². The lowest BCUT2D eigenvalue weighted by Crippen LogP contribution is -2.39. The van der Waals surface area contributed by atoms with Gasteiger partial charge in [-0.25, -0.2) is 0 Å². The number of carbonyl (C=O) groups is 2. The molecule has 0 bridgehead atoms. The molecular formula is C23H27N3O4S. The zero-order valence-electron chi connectivity index (χ0n) is 17.4. The van der Waals surface area contributed by atoms with Crippen LogP contribution < -0.4 is 19.7 Å². The first-order valence-corrected chi connectivity index (χ1v) is 11.8. The van der Waals surface area contributed by atoms with E-state index in [0.29, 0.717) is 37.8 Å². The fourth-order valence-electron chi connectivity index (χ4n) is 4.62. The van der Waals surface area contributed by atoms with E-state index in [1.807, 2.05) is 18.2 Å². The number of thiophene rings is 1. The largest absolute Gasteiger partial charge is 0.486 e. The summed E-state index contributed by atoms with van der Waals surface area (Å²) in [4.78, 5) is 31.0. The van der Waals surface area contributed by atoms with Gasteiger partial charge in [-0.05, 0) is 49.5 Å². The van der Waals surface area contributed by atoms with E-state index in [-0.39, 0.29) is 30.2 Å². The number of hydrogen-bond donors (Lipinski definition) is 1. The summed E-state index contributed by atoms with van der Waals surface area (Å²) < 4.78 is 11.2. The van der Waals surface area contributed by atoms with Crippen LogP contribution >= 0.6 is 11.3 Å². The Morgan fingerprint density at radius 1 is 1.16 bits per heavy atom. The highest BCUT2D eigenvalue weighted by Crippen LogP contribution is 2.36. The smallest absolute Gasteiger partial charge is 0.227 e. The van der Waals surface area contributed by atoms with Crippen LogP contribution in [-0.4, -0.2) is 56.1 Å². The second-order valence-corrected chi connectivity index (χ2v) is 9.23. The van der Waals surface area contributed by atoms with Gasteiger partial charge in [-0.2, -0.15) is 0 Å². The average Bonchev–Trinajstić information content (AvgIpc) is 3.56. The van der Waals surface area contributed by atoms with E-state index in [1.54, 1.807) is 16.2 Å². The molecule has 2 amide bonds. The van der Waals surface area contributed by atoms with Gasteiger partial charge in [0.1, 0.15) is 13.2 Å². The van der Waals surface area contributed by atoms with Crippen LogP contribution in [0.4, 0.5) is 5.69 Å². The highest BCUT2D eigenvalue weighted by molar-refractivity contribution is 7.10. The summed E-state index contributed by atoms with van der Waals surface area (Å²) in [6.07, 6.45) is 2.64. The Bertz CT molecular complexity index is 942. The standard InChI is InChI=1S/C23H27N3O4S/c27-22-12-16(15-26(22)17-5-6-19-20(13-17)30-10-9-29-19)23(28)24-14-18(21-4-3-11-31-21)25-7-1-2-8-25/h3-6,11,13,16,18H,1-2,7-10,12,14-15H2,(H,24,28)/t16-,18+/m1/s1. The molecule has 3 aliphatic rings. The maximum Gasteiger partial charge on any atom is 0.227 e. The van der Waals surface area contributed by atoms with Gasteiger partial charge in [-0.1, -0.05) is 6.07 Å². The number of likely N-dealkylation sites (tertiary alicyclic amines) is 1. The molecule has 164 valence electrons. The van der Waals surface area contributed by atoms with Crippen LogP contribution in [-0.2, 0) is 9.59 Å². The van der Waals surface area contributed by atoms with Gasteiger partial charge in [0, 0.05) is 36.1 Å². The van der Waals surface area contributed by atoms with Gasteiger partial charge >= 0.3 is 0 Å². The Kier molecular flexibility index (Phi) is 5.82. The van der Waals surface area contributed by atoms with E-state index >= 15 is 0 Å². The predicted octanol–water partition coefficient (Wildman–Crippen LogP) is 2.83. The van der Waals surface area contributed by atoms with Crippen molar-refractivity contribution >= 4 is 28.8 Å².